The number of hydrogen-bond donors (Lipinski definition) is 1. The number of halogens is 1. The molecule has 3 nitrogen and oxygen atoms in total. The maximum Gasteiger partial charge on any atom is 0.236 e. The topological polar surface area (TPSA) is 32.3 Å². The number of carbonyl (C=O) groups excluding carboxylic acids is 1. The van der Waals surface area contributed by atoms with Gasteiger partial charge in [-0.15, -0.1) is 0 Å². The molecule has 94 valence electrons. The Kier molecular flexibility index (Phi) is 5.45. The van der Waals surface area contributed by atoms with E-state index in [9.17, 15) is 4.79 Å². The van der Waals surface area contributed by atoms with E-state index in [4.69, 9.17) is 11.6 Å². The summed E-state index contributed by atoms with van der Waals surface area (Å²) >= 11 is 5.94. The van der Waals surface area contributed by atoms with Crippen molar-refractivity contribution in [2.24, 2.45) is 0 Å². The van der Waals surface area contributed by atoms with Crippen LogP contribution in [0.3, 0.4) is 0 Å². The molecule has 1 rings (SSSR count). The first-order chi connectivity index (χ1) is 8.06. The van der Waals surface area contributed by atoms with Crippen LogP contribution in [-0.4, -0.2) is 30.9 Å². The number of nitrogens with one attached hydrogen (secondary N) is 1. The molecule has 0 aliphatic carbocycles. The largest absolute Gasteiger partial charge is 0.338 e. The van der Waals surface area contributed by atoms with E-state index in [0.717, 1.165) is 12.1 Å². The van der Waals surface area contributed by atoms with Gasteiger partial charge in [-0.2, -0.15) is 0 Å². The molecule has 0 bridgehead atoms. The molecule has 0 saturated heterocycles. The third-order valence-electron chi connectivity index (χ3n) is 2.83. The van der Waals surface area contributed by atoms with Crippen molar-refractivity contribution in [1.29, 1.82) is 0 Å². The third kappa shape index (κ3) is 4.02. The lowest BCUT2D eigenvalue weighted by Crippen LogP contribution is -2.37. The molecular formula is C13H19ClN2O. The Labute approximate surface area is 108 Å². The maximum atomic E-state index is 11.8. The number of benzene rings is 1. The molecule has 0 heterocycles. The predicted octanol–water partition coefficient (Wildman–Crippen LogP) is 2.47. The Morgan fingerprint density at radius 2 is 2.24 bits per heavy atom. The van der Waals surface area contributed by atoms with Crippen LogP contribution in [0.4, 0.5) is 0 Å². The fourth-order valence-electron chi connectivity index (χ4n) is 1.56. The molecular weight excluding hydrogens is 236 g/mol. The zero-order chi connectivity index (χ0) is 12.8. The van der Waals surface area contributed by atoms with Gasteiger partial charge in [-0.05, 0) is 31.2 Å². The third-order valence-corrected chi connectivity index (χ3v) is 3.07. The Balaban J connectivity index is 2.69. The molecule has 0 saturated carbocycles. The van der Waals surface area contributed by atoms with Gasteiger partial charge in [0, 0.05) is 12.1 Å². The number of nitrogens with zero attached hydrogens (tertiary/aromatic N) is 1. The summed E-state index contributed by atoms with van der Waals surface area (Å²) < 4.78 is 0. The first-order valence-electron chi connectivity index (χ1n) is 5.78. The van der Waals surface area contributed by atoms with E-state index < -0.39 is 0 Å². The lowest BCUT2D eigenvalue weighted by atomic mass is 10.1. The van der Waals surface area contributed by atoms with Crippen molar-refractivity contribution in [3.8, 4) is 0 Å². The van der Waals surface area contributed by atoms with Crippen molar-refractivity contribution >= 4 is 17.5 Å². The zero-order valence-corrected chi connectivity index (χ0v) is 11.3. The average Bonchev–Trinajstić information content (AvgIpc) is 2.34. The van der Waals surface area contributed by atoms with E-state index in [0.29, 0.717) is 11.6 Å². The van der Waals surface area contributed by atoms with Crippen molar-refractivity contribution in [3.05, 3.63) is 34.9 Å². The van der Waals surface area contributed by atoms with Crippen LogP contribution in [-0.2, 0) is 4.79 Å². The molecule has 0 spiro atoms. The van der Waals surface area contributed by atoms with E-state index in [-0.39, 0.29) is 11.9 Å². The van der Waals surface area contributed by atoms with Crippen LogP contribution in [0.15, 0.2) is 24.3 Å². The maximum absolute atomic E-state index is 11.8. The van der Waals surface area contributed by atoms with Gasteiger partial charge in [0.05, 0.1) is 12.6 Å². The molecule has 1 aromatic rings. The smallest absolute Gasteiger partial charge is 0.236 e. The second-order valence-electron chi connectivity index (χ2n) is 4.02. The molecule has 0 radical (unpaired) electrons. The quantitative estimate of drug-likeness (QED) is 0.876. The van der Waals surface area contributed by atoms with Gasteiger partial charge >= 0.3 is 0 Å². The van der Waals surface area contributed by atoms with Crippen molar-refractivity contribution in [2.45, 2.75) is 19.9 Å². The number of rotatable bonds is 5. The Morgan fingerprint density at radius 1 is 1.53 bits per heavy atom. The molecule has 1 amide bonds. The fraction of sp³-hybridized carbons (Fsp3) is 0.462. The molecule has 1 N–H and O–H groups in total. The van der Waals surface area contributed by atoms with E-state index in [1.54, 1.807) is 4.90 Å². The van der Waals surface area contributed by atoms with E-state index in [1.165, 1.54) is 0 Å². The Morgan fingerprint density at radius 3 is 2.82 bits per heavy atom. The van der Waals surface area contributed by atoms with E-state index in [2.05, 4.69) is 5.32 Å². The predicted molar refractivity (Wildman–Crippen MR) is 71.2 cm³/mol. The van der Waals surface area contributed by atoms with Crippen LogP contribution in [0.25, 0.3) is 0 Å². The second-order valence-corrected chi connectivity index (χ2v) is 4.45. The normalized spacial score (nSPS) is 12.2. The number of hydrogen-bond acceptors (Lipinski definition) is 2. The zero-order valence-electron chi connectivity index (χ0n) is 10.5. The fourth-order valence-corrected chi connectivity index (χ4v) is 1.76. The molecule has 1 unspecified atom stereocenters. The lowest BCUT2D eigenvalue weighted by Gasteiger charge is -2.25. The molecule has 4 heteroatoms. The van der Waals surface area contributed by atoms with Crippen LogP contribution in [0, 0.1) is 0 Å². The summed E-state index contributed by atoms with van der Waals surface area (Å²) in [5, 5.41) is 3.73. The number of amides is 1. The Bertz CT molecular complexity index is 381. The van der Waals surface area contributed by atoms with Crippen LogP contribution in [0.2, 0.25) is 5.02 Å². The molecule has 0 fully saturated rings. The van der Waals surface area contributed by atoms with Crippen molar-refractivity contribution in [1.82, 2.24) is 10.2 Å². The van der Waals surface area contributed by atoms with Gasteiger partial charge in [0.1, 0.15) is 0 Å². The van der Waals surface area contributed by atoms with Gasteiger partial charge in [0.25, 0.3) is 0 Å². The van der Waals surface area contributed by atoms with Crippen molar-refractivity contribution in [3.63, 3.8) is 0 Å². The van der Waals surface area contributed by atoms with E-state index >= 15 is 0 Å². The standard InChI is InChI=1S/C13H19ClN2O/c1-4-15-9-13(17)16(3)10(2)11-6-5-7-12(14)8-11/h5-8,10,15H,4,9H2,1-3H3. The first-order valence-corrected chi connectivity index (χ1v) is 6.16. The second kappa shape index (κ2) is 6.62. The molecule has 1 atom stereocenters. The summed E-state index contributed by atoms with van der Waals surface area (Å²) in [6.45, 7) is 5.15. The minimum Gasteiger partial charge on any atom is -0.338 e. The van der Waals surface area contributed by atoms with Crippen LogP contribution in [0.5, 0.6) is 0 Å². The highest BCUT2D eigenvalue weighted by molar-refractivity contribution is 6.30. The Hall–Kier alpha value is -1.06. The summed E-state index contributed by atoms with van der Waals surface area (Å²) in [6.07, 6.45) is 0. The summed E-state index contributed by atoms with van der Waals surface area (Å²) in [5.41, 5.74) is 1.05. The van der Waals surface area contributed by atoms with Gasteiger partial charge in [0.2, 0.25) is 5.91 Å². The van der Waals surface area contributed by atoms with Crippen LogP contribution < -0.4 is 5.32 Å². The van der Waals surface area contributed by atoms with Gasteiger partial charge < -0.3 is 10.2 Å². The summed E-state index contributed by atoms with van der Waals surface area (Å²) in [4.78, 5) is 13.6. The SMILES string of the molecule is CCNCC(=O)N(C)C(C)c1cccc(Cl)c1. The monoisotopic (exact) mass is 254 g/mol. The van der Waals surface area contributed by atoms with Gasteiger partial charge in [0.15, 0.2) is 0 Å². The highest BCUT2D eigenvalue weighted by Crippen LogP contribution is 2.21. The van der Waals surface area contributed by atoms with Gasteiger partial charge in [-0.3, -0.25) is 4.79 Å². The lowest BCUT2D eigenvalue weighted by molar-refractivity contribution is -0.130. The summed E-state index contributed by atoms with van der Waals surface area (Å²) in [5.74, 6) is 0.0827. The molecule has 17 heavy (non-hydrogen) atoms. The summed E-state index contributed by atoms with van der Waals surface area (Å²) in [6, 6.07) is 7.63. The minimum atomic E-state index is 0.0276. The first kappa shape index (κ1) is 14.0. The highest BCUT2D eigenvalue weighted by atomic mass is 35.5. The molecule has 0 aromatic heterocycles. The molecule has 1 aromatic carbocycles. The number of carbonyl (C=O) groups is 1. The number of likely N-dealkylation sites (N-methyl/N-ethyl adjacent to an activating group) is 2. The van der Waals surface area contributed by atoms with Gasteiger partial charge in [-0.25, -0.2) is 0 Å². The van der Waals surface area contributed by atoms with Gasteiger partial charge in [-0.1, -0.05) is 30.7 Å². The molecule has 0 aliphatic heterocycles. The van der Waals surface area contributed by atoms with Crippen molar-refractivity contribution < 1.29 is 4.79 Å². The molecule has 0 aliphatic rings. The van der Waals surface area contributed by atoms with Crippen LogP contribution in [0.1, 0.15) is 25.5 Å². The summed E-state index contributed by atoms with van der Waals surface area (Å²) in [7, 11) is 1.81. The highest BCUT2D eigenvalue weighted by Gasteiger charge is 2.16. The van der Waals surface area contributed by atoms with Crippen molar-refractivity contribution in [2.75, 3.05) is 20.1 Å². The average molecular weight is 255 g/mol. The minimum absolute atomic E-state index is 0.0276. The van der Waals surface area contributed by atoms with Crippen LogP contribution >= 0.6 is 11.6 Å². The van der Waals surface area contributed by atoms with E-state index in [1.807, 2.05) is 45.2 Å².